The summed E-state index contributed by atoms with van der Waals surface area (Å²) >= 11 is 0. The predicted octanol–water partition coefficient (Wildman–Crippen LogP) is 4.47. The Hall–Kier alpha value is -5.68. The molecule has 74 heavy (non-hydrogen) atoms. The maximum Gasteiger partial charge on any atom is 0.246 e. The molecule has 0 unspecified atom stereocenters. The number of Topliss-reactive ketones (excluding diaryl/α,β-unsaturated/α-hetero) is 1. The Kier molecular flexibility index (Phi) is 19.6. The minimum Gasteiger partial charge on any atom is -0.351 e. The van der Waals surface area contributed by atoms with Gasteiger partial charge in [-0.05, 0) is 131 Å². The van der Waals surface area contributed by atoms with Crippen LogP contribution in [-0.2, 0) is 51.2 Å². The van der Waals surface area contributed by atoms with Crippen molar-refractivity contribution in [2.75, 3.05) is 27.2 Å². The minimum absolute atomic E-state index is 0.0300. The van der Waals surface area contributed by atoms with E-state index in [9.17, 15) is 38.4 Å². The number of aryl methyl sites for hydroxylation is 2. The van der Waals surface area contributed by atoms with Crippen LogP contribution in [0.5, 0.6) is 0 Å². The van der Waals surface area contributed by atoms with Gasteiger partial charge in [-0.1, -0.05) is 90.1 Å². The normalized spacial score (nSPS) is 23.3. The summed E-state index contributed by atoms with van der Waals surface area (Å²) in [6.07, 6.45) is 7.05. The first-order valence-electron chi connectivity index (χ1n) is 27.1. The molecule has 0 saturated carbocycles. The zero-order chi connectivity index (χ0) is 54.1. The second kappa shape index (κ2) is 25.2. The highest BCUT2D eigenvalue weighted by Gasteiger charge is 2.48. The van der Waals surface area contributed by atoms with Crippen LogP contribution in [0.2, 0.25) is 0 Å². The molecular weight excluding hydrogens is 939 g/mol. The van der Waals surface area contributed by atoms with E-state index in [2.05, 4.69) is 49.4 Å². The highest BCUT2D eigenvalue weighted by atomic mass is 16.2. The highest BCUT2D eigenvalue weighted by molar-refractivity contribution is 5.95. The molecule has 2 aliphatic heterocycles. The van der Waals surface area contributed by atoms with Gasteiger partial charge in [0.05, 0.1) is 24.2 Å². The predicted molar refractivity (Wildman–Crippen MR) is 284 cm³/mol. The van der Waals surface area contributed by atoms with E-state index in [1.165, 1.54) is 16.0 Å². The molecule has 7 amide bonds. The van der Waals surface area contributed by atoms with Crippen LogP contribution in [-0.4, -0.2) is 126 Å². The van der Waals surface area contributed by atoms with Gasteiger partial charge in [0.2, 0.25) is 41.4 Å². The van der Waals surface area contributed by atoms with Crippen LogP contribution in [0.15, 0.2) is 48.5 Å². The molecule has 17 nitrogen and oxygen atoms in total. The van der Waals surface area contributed by atoms with E-state index in [4.69, 9.17) is 0 Å². The van der Waals surface area contributed by atoms with Crippen LogP contribution in [0, 0.1) is 16.7 Å². The number of nitrogens with one attached hydrogen (secondary N) is 7. The number of ketones is 1. The van der Waals surface area contributed by atoms with Crippen molar-refractivity contribution in [2.45, 2.75) is 193 Å². The number of likely N-dealkylation sites (tertiary alicyclic amines) is 2. The van der Waals surface area contributed by atoms with Gasteiger partial charge in [0.25, 0.3) is 0 Å². The molecule has 4 aliphatic rings. The van der Waals surface area contributed by atoms with Crippen LogP contribution in [0.25, 0.3) is 0 Å². The third-order valence-corrected chi connectivity index (χ3v) is 15.7. The molecule has 0 bridgehead atoms. The Bertz CT molecular complexity index is 2200. The third kappa shape index (κ3) is 14.6. The Morgan fingerprint density at radius 3 is 1.51 bits per heavy atom. The monoisotopic (exact) mass is 1020 g/mol. The lowest BCUT2D eigenvalue weighted by molar-refractivity contribution is -0.144. The Morgan fingerprint density at radius 1 is 0.595 bits per heavy atom. The molecule has 6 rings (SSSR count). The van der Waals surface area contributed by atoms with Crippen LogP contribution >= 0.6 is 0 Å². The van der Waals surface area contributed by atoms with Gasteiger partial charge in [-0.3, -0.25) is 38.4 Å². The quantitative estimate of drug-likeness (QED) is 0.0922. The SMILES string of the molecule is CN[C@@H](C)C(=O)N[C@H](C(=O)N1C[C@@H](CC(=O)CCCCC(=O)N[C@H]2C[C@@H](C(=O)N[C@@H]3CCCc4ccccc43)N(C(=O)[C@@H](NC(=O)[C@H](C)NC)C(C)(C)C)C2)C[C@H]1C(=O)N[C@@H]1CCCc2ccccc21)C(C)(C)C. The number of amides is 7. The zero-order valence-corrected chi connectivity index (χ0v) is 45.7. The van der Waals surface area contributed by atoms with Crippen LogP contribution < -0.4 is 37.2 Å². The second-order valence-electron chi connectivity index (χ2n) is 23.5. The fourth-order valence-corrected chi connectivity index (χ4v) is 11.1. The first kappa shape index (κ1) is 57.6. The summed E-state index contributed by atoms with van der Waals surface area (Å²) in [5, 5.41) is 21.2. The van der Waals surface area contributed by atoms with Gasteiger partial charge in [0, 0.05) is 38.4 Å². The molecule has 10 atom stereocenters. The van der Waals surface area contributed by atoms with E-state index >= 15 is 0 Å². The molecular formula is C57H85N9O8. The molecule has 2 aromatic rings. The molecule has 17 heteroatoms. The summed E-state index contributed by atoms with van der Waals surface area (Å²) in [5.74, 6) is -2.61. The van der Waals surface area contributed by atoms with E-state index in [0.717, 1.165) is 49.7 Å². The van der Waals surface area contributed by atoms with E-state index < -0.39 is 59.0 Å². The molecule has 2 aliphatic carbocycles. The average molecular weight is 1020 g/mol. The fourth-order valence-electron chi connectivity index (χ4n) is 11.1. The molecule has 2 saturated heterocycles. The number of unbranched alkanes of at least 4 members (excludes halogenated alkanes) is 1. The lowest BCUT2D eigenvalue weighted by atomic mass is 9.85. The molecule has 7 N–H and O–H groups in total. The van der Waals surface area contributed by atoms with Crippen molar-refractivity contribution in [2.24, 2.45) is 16.7 Å². The number of rotatable bonds is 20. The summed E-state index contributed by atoms with van der Waals surface area (Å²) in [4.78, 5) is 114. The number of fused-ring (bicyclic) bond motifs is 2. The zero-order valence-electron chi connectivity index (χ0n) is 45.7. The standard InChI is InChI=1S/C57H85N9O8/c1-34(58-9)50(69)63-48(56(3,4)5)54(73)65-32-36(30-45(65)52(71)61-43-26-17-21-37-19-11-14-24-41(37)43)29-40(67)23-13-16-28-47(68)60-39-31-46(53(72)62-44-27-18-22-38-20-12-15-25-42(38)44)66(33-39)55(74)49(57(6,7)8)64-51(70)35(2)59-10/h11-12,14-15,19-20,24-25,34-36,39,43-46,48-49,58-59H,13,16-18,21-23,26-33H2,1-10H3,(H,60,68)(H,61,71)(H,62,72)(H,63,69)(H,64,70)/t34-,35-,36-,39-,43+,44+,45-,46-,48+,49+/m0/s1. The van der Waals surface area contributed by atoms with Gasteiger partial charge in [0.15, 0.2) is 0 Å². The fraction of sp³-hybridized carbons (Fsp3) is 0.649. The summed E-state index contributed by atoms with van der Waals surface area (Å²) in [7, 11) is 3.33. The molecule has 0 radical (unpaired) electrons. The van der Waals surface area contributed by atoms with E-state index in [0.29, 0.717) is 19.3 Å². The molecule has 2 fully saturated rings. The Balaban J connectivity index is 1.08. The number of likely N-dealkylation sites (N-methyl/N-ethyl adjacent to an activating group) is 2. The van der Waals surface area contributed by atoms with Crippen molar-refractivity contribution >= 4 is 47.1 Å². The van der Waals surface area contributed by atoms with Crippen molar-refractivity contribution < 1.29 is 38.4 Å². The van der Waals surface area contributed by atoms with Crippen molar-refractivity contribution in [1.29, 1.82) is 0 Å². The lowest BCUT2D eigenvalue weighted by Crippen LogP contribution is -2.59. The van der Waals surface area contributed by atoms with Crippen molar-refractivity contribution in [1.82, 2.24) is 47.0 Å². The van der Waals surface area contributed by atoms with Gasteiger partial charge in [-0.25, -0.2) is 0 Å². The number of hydrogen-bond acceptors (Lipinski definition) is 10. The number of benzene rings is 2. The lowest BCUT2D eigenvalue weighted by Gasteiger charge is -2.36. The van der Waals surface area contributed by atoms with Crippen molar-refractivity contribution in [3.8, 4) is 0 Å². The maximum absolute atomic E-state index is 14.6. The van der Waals surface area contributed by atoms with Gasteiger partial charge in [-0.15, -0.1) is 0 Å². The van der Waals surface area contributed by atoms with E-state index in [1.54, 1.807) is 32.8 Å². The minimum atomic E-state index is -0.945. The first-order valence-corrected chi connectivity index (χ1v) is 27.1. The molecule has 2 heterocycles. The Morgan fingerprint density at radius 2 is 1.04 bits per heavy atom. The van der Waals surface area contributed by atoms with Crippen LogP contribution in [0.1, 0.15) is 160 Å². The number of carbonyl (C=O) groups excluding carboxylic acids is 8. The molecule has 406 valence electrons. The van der Waals surface area contributed by atoms with Gasteiger partial charge < -0.3 is 47.0 Å². The van der Waals surface area contributed by atoms with Gasteiger partial charge in [-0.2, -0.15) is 0 Å². The number of carbonyl (C=O) groups is 8. The maximum atomic E-state index is 14.6. The van der Waals surface area contributed by atoms with E-state index in [1.807, 2.05) is 77.9 Å². The average Bonchev–Trinajstić information content (AvgIpc) is 3.99. The van der Waals surface area contributed by atoms with Crippen molar-refractivity contribution in [3.63, 3.8) is 0 Å². The Labute approximate surface area is 439 Å². The summed E-state index contributed by atoms with van der Waals surface area (Å²) in [6.45, 7) is 14.9. The smallest absolute Gasteiger partial charge is 0.246 e. The second-order valence-corrected chi connectivity index (χ2v) is 23.5. The van der Waals surface area contributed by atoms with Crippen LogP contribution in [0.3, 0.4) is 0 Å². The largest absolute Gasteiger partial charge is 0.351 e. The third-order valence-electron chi connectivity index (χ3n) is 15.7. The number of nitrogens with zero attached hydrogens (tertiary/aromatic N) is 2. The van der Waals surface area contributed by atoms with Gasteiger partial charge in [0.1, 0.15) is 30.0 Å². The van der Waals surface area contributed by atoms with Crippen LogP contribution in [0.4, 0.5) is 0 Å². The highest BCUT2D eigenvalue weighted by Crippen LogP contribution is 2.35. The first-order chi connectivity index (χ1) is 35.0. The topological polar surface area (TPSA) is 227 Å². The molecule has 0 spiro atoms. The van der Waals surface area contributed by atoms with Gasteiger partial charge >= 0.3 is 0 Å². The molecule has 0 aromatic heterocycles. The van der Waals surface area contributed by atoms with E-state index in [-0.39, 0.29) is 98.0 Å². The van der Waals surface area contributed by atoms with Crippen molar-refractivity contribution in [3.05, 3.63) is 70.8 Å². The summed E-state index contributed by atoms with van der Waals surface area (Å²) < 4.78 is 0. The number of hydrogen-bond donors (Lipinski definition) is 7. The summed E-state index contributed by atoms with van der Waals surface area (Å²) in [5.41, 5.74) is 3.13. The molecule has 2 aromatic carbocycles. The summed E-state index contributed by atoms with van der Waals surface area (Å²) in [6, 6.07) is 10.5.